The molecule has 0 unspecified atom stereocenters. The van der Waals surface area contributed by atoms with E-state index < -0.39 is 18.0 Å². The van der Waals surface area contributed by atoms with E-state index in [1.54, 1.807) is 68.6 Å². The number of carboxylic acids is 1. The highest BCUT2D eigenvalue weighted by Crippen LogP contribution is 2.36. The predicted octanol–water partition coefficient (Wildman–Crippen LogP) is 5.23. The lowest BCUT2D eigenvalue weighted by Crippen LogP contribution is -2.40. The molecule has 0 saturated heterocycles. The van der Waals surface area contributed by atoms with E-state index in [2.05, 4.69) is 0 Å². The molecule has 2 heterocycles. The first kappa shape index (κ1) is 33.0. The van der Waals surface area contributed by atoms with Gasteiger partial charge in [-0.3, -0.25) is 9.36 Å². The molecule has 4 aromatic carbocycles. The van der Waals surface area contributed by atoms with Crippen molar-refractivity contribution in [2.45, 2.75) is 19.6 Å². The van der Waals surface area contributed by atoms with E-state index in [0.29, 0.717) is 49.0 Å². The number of nitrogens with zero attached hydrogens (tertiary/aromatic N) is 2. The number of carbonyl (C=O) groups excluding carboxylic acids is 1. The van der Waals surface area contributed by atoms with Crippen LogP contribution in [0.25, 0.3) is 11.8 Å². The lowest BCUT2D eigenvalue weighted by Gasteiger charge is -2.26. The molecule has 0 radical (unpaired) electrons. The standard InChI is InChI=1S/C38H32N2O8S/c1-4-47-37(44)32-33(25-10-6-5-7-11-25)39-38-40(34(32)26-14-16-28(45-2)17-15-26)35(41)31(49-38)21-23-13-18-29(30(20-23)46-3)48-22-24-9-8-12-27(19-24)36(42)43/h5-21,34H,4,22H2,1-3H3,(H,42,43)/b31-21-/t34-/m0/s1. The molecule has 248 valence electrons. The van der Waals surface area contributed by atoms with Crippen molar-refractivity contribution in [3.05, 3.63) is 150 Å². The molecule has 0 aliphatic carbocycles. The van der Waals surface area contributed by atoms with Gasteiger partial charge < -0.3 is 24.1 Å². The van der Waals surface area contributed by atoms with Gasteiger partial charge in [-0.05, 0) is 66.1 Å². The van der Waals surface area contributed by atoms with Gasteiger partial charge in [-0.2, -0.15) is 0 Å². The number of thiazole rings is 1. The highest BCUT2D eigenvalue weighted by molar-refractivity contribution is 7.07. The maximum atomic E-state index is 14.2. The van der Waals surface area contributed by atoms with Gasteiger partial charge in [0, 0.05) is 5.56 Å². The fraction of sp³-hybridized carbons (Fsp3) is 0.158. The van der Waals surface area contributed by atoms with Crippen LogP contribution < -0.4 is 29.1 Å². The molecule has 0 bridgehead atoms. The Labute approximate surface area is 285 Å². The van der Waals surface area contributed by atoms with Crippen LogP contribution in [0.2, 0.25) is 0 Å². The molecule has 1 N–H and O–H groups in total. The lowest BCUT2D eigenvalue weighted by molar-refractivity contribution is -0.138. The van der Waals surface area contributed by atoms with Crippen LogP contribution in [-0.2, 0) is 16.1 Å². The summed E-state index contributed by atoms with van der Waals surface area (Å²) < 4.78 is 24.4. The molecule has 11 heteroatoms. The van der Waals surface area contributed by atoms with Gasteiger partial charge in [0.25, 0.3) is 5.56 Å². The molecular weight excluding hydrogens is 644 g/mol. The monoisotopic (exact) mass is 676 g/mol. The third-order valence-corrected chi connectivity index (χ3v) is 8.84. The number of fused-ring (bicyclic) bond motifs is 1. The molecule has 0 saturated carbocycles. The Morgan fingerprint density at radius 1 is 0.918 bits per heavy atom. The third kappa shape index (κ3) is 6.88. The smallest absolute Gasteiger partial charge is 0.338 e. The third-order valence-electron chi connectivity index (χ3n) is 7.86. The van der Waals surface area contributed by atoms with E-state index in [-0.39, 0.29) is 29.9 Å². The van der Waals surface area contributed by atoms with Crippen molar-refractivity contribution in [2.24, 2.45) is 4.99 Å². The molecule has 0 spiro atoms. The van der Waals surface area contributed by atoms with Gasteiger partial charge in [0.1, 0.15) is 12.4 Å². The normalized spacial score (nSPS) is 14.1. The van der Waals surface area contributed by atoms with Crippen LogP contribution in [0.3, 0.4) is 0 Å². The zero-order valence-electron chi connectivity index (χ0n) is 26.9. The van der Waals surface area contributed by atoms with Crippen molar-refractivity contribution >= 4 is 35.0 Å². The summed E-state index contributed by atoms with van der Waals surface area (Å²) in [5, 5.41) is 9.30. The minimum Gasteiger partial charge on any atom is -0.497 e. The molecule has 1 aromatic heterocycles. The topological polar surface area (TPSA) is 126 Å². The minimum atomic E-state index is -1.02. The maximum Gasteiger partial charge on any atom is 0.338 e. The first-order valence-corrected chi connectivity index (χ1v) is 16.2. The number of carboxylic acid groups (broad SMARTS) is 1. The van der Waals surface area contributed by atoms with Crippen molar-refractivity contribution in [3.63, 3.8) is 0 Å². The van der Waals surface area contributed by atoms with Gasteiger partial charge in [0.15, 0.2) is 16.3 Å². The van der Waals surface area contributed by atoms with Crippen molar-refractivity contribution in [1.82, 2.24) is 4.57 Å². The summed E-state index contributed by atoms with van der Waals surface area (Å²) >= 11 is 1.21. The lowest BCUT2D eigenvalue weighted by atomic mass is 9.93. The second-order valence-electron chi connectivity index (χ2n) is 10.9. The van der Waals surface area contributed by atoms with E-state index in [4.69, 9.17) is 23.9 Å². The molecule has 49 heavy (non-hydrogen) atoms. The summed E-state index contributed by atoms with van der Waals surface area (Å²) in [7, 11) is 3.09. The van der Waals surface area contributed by atoms with Crippen LogP contribution in [0.15, 0.2) is 112 Å². The number of hydrogen-bond acceptors (Lipinski definition) is 9. The van der Waals surface area contributed by atoms with Crippen LogP contribution >= 0.6 is 11.3 Å². The van der Waals surface area contributed by atoms with Crippen molar-refractivity contribution in [1.29, 1.82) is 0 Å². The first-order valence-electron chi connectivity index (χ1n) is 15.4. The second-order valence-corrected chi connectivity index (χ2v) is 11.9. The fourth-order valence-corrected chi connectivity index (χ4v) is 6.54. The Morgan fingerprint density at radius 3 is 2.39 bits per heavy atom. The zero-order chi connectivity index (χ0) is 34.5. The number of benzene rings is 4. The summed E-state index contributed by atoms with van der Waals surface area (Å²) in [6, 6.07) is 27.6. The first-order chi connectivity index (χ1) is 23.8. The Hall–Kier alpha value is -5.94. The van der Waals surface area contributed by atoms with E-state index in [1.165, 1.54) is 29.1 Å². The summed E-state index contributed by atoms with van der Waals surface area (Å²) in [6.07, 6.45) is 1.74. The van der Waals surface area contributed by atoms with Crippen LogP contribution in [-0.4, -0.2) is 42.4 Å². The van der Waals surface area contributed by atoms with E-state index >= 15 is 0 Å². The van der Waals surface area contributed by atoms with E-state index in [1.807, 2.05) is 42.5 Å². The van der Waals surface area contributed by atoms with Crippen molar-refractivity contribution in [3.8, 4) is 17.2 Å². The van der Waals surface area contributed by atoms with Crippen molar-refractivity contribution < 1.29 is 33.6 Å². The van der Waals surface area contributed by atoms with Gasteiger partial charge in [-0.15, -0.1) is 0 Å². The molecule has 1 aliphatic heterocycles. The van der Waals surface area contributed by atoms with Gasteiger partial charge in [-0.1, -0.05) is 72.0 Å². The number of aromatic carboxylic acids is 1. The zero-order valence-corrected chi connectivity index (χ0v) is 27.7. The predicted molar refractivity (Wildman–Crippen MR) is 185 cm³/mol. The summed E-state index contributed by atoms with van der Waals surface area (Å²) in [6.45, 7) is 2.02. The van der Waals surface area contributed by atoms with Gasteiger partial charge in [0.05, 0.1) is 48.2 Å². The Kier molecular flexibility index (Phi) is 9.72. The number of carbonyl (C=O) groups is 2. The SMILES string of the molecule is CCOC(=O)C1=C(c2ccccc2)N=c2s/c(=C\c3ccc(OCc4cccc(C(=O)O)c4)c(OC)c3)c(=O)n2[C@H]1c1ccc(OC)cc1. The molecular formula is C38H32N2O8S. The van der Waals surface area contributed by atoms with Gasteiger partial charge in [-0.25, -0.2) is 14.6 Å². The van der Waals surface area contributed by atoms with E-state index in [0.717, 1.165) is 5.56 Å². The van der Waals surface area contributed by atoms with Crippen LogP contribution in [0.4, 0.5) is 0 Å². The summed E-state index contributed by atoms with van der Waals surface area (Å²) in [5.74, 6) is -0.0554. The average Bonchev–Trinajstić information content (AvgIpc) is 3.44. The molecule has 6 rings (SSSR count). The minimum absolute atomic E-state index is 0.132. The number of ether oxygens (including phenoxy) is 4. The van der Waals surface area contributed by atoms with E-state index in [9.17, 15) is 19.5 Å². The number of esters is 1. The summed E-state index contributed by atoms with van der Waals surface area (Å²) in [5.41, 5.74) is 3.32. The maximum absolute atomic E-state index is 14.2. The van der Waals surface area contributed by atoms with Crippen molar-refractivity contribution in [2.75, 3.05) is 20.8 Å². The largest absolute Gasteiger partial charge is 0.497 e. The number of rotatable bonds is 11. The van der Waals surface area contributed by atoms with Gasteiger partial charge >= 0.3 is 11.9 Å². The Morgan fingerprint density at radius 2 is 1.69 bits per heavy atom. The van der Waals surface area contributed by atoms with Gasteiger partial charge in [0.2, 0.25) is 0 Å². The second kappa shape index (κ2) is 14.4. The Balaban J connectivity index is 1.44. The van der Waals surface area contributed by atoms with Crippen LogP contribution in [0, 0.1) is 0 Å². The number of methoxy groups -OCH3 is 2. The molecule has 1 atom stereocenters. The number of hydrogen-bond donors (Lipinski definition) is 1. The highest BCUT2D eigenvalue weighted by atomic mass is 32.1. The molecule has 10 nitrogen and oxygen atoms in total. The average molecular weight is 677 g/mol. The summed E-state index contributed by atoms with van der Waals surface area (Å²) in [4.78, 5) is 44.6. The molecule has 5 aromatic rings. The van der Waals surface area contributed by atoms with Crippen LogP contribution in [0.5, 0.6) is 17.2 Å². The molecule has 0 amide bonds. The molecule has 1 aliphatic rings. The quantitative estimate of drug-likeness (QED) is 0.189. The molecule has 0 fully saturated rings. The number of aromatic nitrogens is 1. The fourth-order valence-electron chi connectivity index (χ4n) is 5.54. The Bertz CT molecular complexity index is 2240. The van der Waals surface area contributed by atoms with Crippen LogP contribution in [0.1, 0.15) is 45.6 Å². The highest BCUT2D eigenvalue weighted by Gasteiger charge is 2.35.